The summed E-state index contributed by atoms with van der Waals surface area (Å²) < 4.78 is 344. The van der Waals surface area contributed by atoms with Crippen LogP contribution in [0.3, 0.4) is 0 Å². The Balaban J connectivity index is 7.15. The molecule has 0 bridgehead atoms. The monoisotopic (exact) mass is 754 g/mol. The first-order valence-corrected chi connectivity index (χ1v) is 11.6. The number of hydrogen-bond acceptors (Lipinski definition) is 1. The van der Waals surface area contributed by atoms with Crippen LogP contribution in [-0.2, 0) is 4.57 Å². The molecule has 3 nitrogen and oxygen atoms in total. The lowest BCUT2D eigenvalue weighted by atomic mass is 9.88. The first-order chi connectivity index (χ1) is 19.0. The fourth-order valence-electron chi connectivity index (χ4n) is 2.60. The maximum atomic E-state index is 13.7. The Labute approximate surface area is 229 Å². The summed E-state index contributed by atoms with van der Waals surface area (Å²) >= 11 is 0. The summed E-state index contributed by atoms with van der Waals surface area (Å²) in [4.78, 5) is 15.9. The predicted molar refractivity (Wildman–Crippen MR) is 90.7 cm³/mol. The van der Waals surface area contributed by atoms with Crippen LogP contribution in [0.1, 0.15) is 19.3 Å². The summed E-state index contributed by atoms with van der Waals surface area (Å²) in [5, 5.41) is 0. The second kappa shape index (κ2) is 11.4. The Morgan fingerprint density at radius 2 is 0.733 bits per heavy atom. The zero-order chi connectivity index (χ0) is 37.3. The van der Waals surface area contributed by atoms with Crippen LogP contribution in [0.15, 0.2) is 11.7 Å². The highest BCUT2D eigenvalue weighted by atomic mass is 31.2. The van der Waals surface area contributed by atoms with Gasteiger partial charge in [-0.3, -0.25) is 4.57 Å². The lowest BCUT2D eigenvalue weighted by molar-refractivity contribution is -0.448. The van der Waals surface area contributed by atoms with E-state index in [-0.39, 0.29) is 0 Å². The van der Waals surface area contributed by atoms with Crippen LogP contribution in [0.5, 0.6) is 0 Å². The van der Waals surface area contributed by atoms with Gasteiger partial charge in [-0.1, -0.05) is 0 Å². The van der Waals surface area contributed by atoms with E-state index in [1.54, 1.807) is 0 Å². The number of alkyl halides is 23. The van der Waals surface area contributed by atoms with Crippen molar-refractivity contribution in [3.63, 3.8) is 0 Å². The Hall–Kier alpha value is -1.86. The average molecular weight is 754 g/mol. The number of hydrogen-bond donors (Lipinski definition) is 2. The molecular formula is C16H8F25O3P. The zero-order valence-electron chi connectivity index (χ0n) is 19.8. The van der Waals surface area contributed by atoms with Gasteiger partial charge in [0.15, 0.2) is 0 Å². The van der Waals surface area contributed by atoms with Crippen LogP contribution in [0.4, 0.5) is 110 Å². The summed E-state index contributed by atoms with van der Waals surface area (Å²) in [5.74, 6) is -88.9. The summed E-state index contributed by atoms with van der Waals surface area (Å²) in [6.45, 7) is 0. The zero-order valence-corrected chi connectivity index (χ0v) is 20.7. The largest absolute Gasteiger partial charge is 0.413 e. The number of halogens is 25. The van der Waals surface area contributed by atoms with E-state index in [0.717, 1.165) is 0 Å². The van der Waals surface area contributed by atoms with Crippen molar-refractivity contribution in [3.8, 4) is 0 Å². The molecule has 0 aromatic carbocycles. The van der Waals surface area contributed by atoms with E-state index in [9.17, 15) is 114 Å². The molecule has 0 heterocycles. The molecule has 0 saturated carbocycles. The molecule has 0 fully saturated rings. The van der Waals surface area contributed by atoms with Crippen LogP contribution in [0.2, 0.25) is 0 Å². The van der Waals surface area contributed by atoms with Gasteiger partial charge in [-0.15, -0.1) is 0 Å². The molecule has 0 aliphatic carbocycles. The summed E-state index contributed by atoms with van der Waals surface area (Å²) in [7, 11) is -8.26. The van der Waals surface area contributed by atoms with Gasteiger partial charge in [0.05, 0.1) is 0 Å². The normalized spacial score (nSPS) is 17.0. The first-order valence-electron chi connectivity index (χ1n) is 9.99. The van der Waals surface area contributed by atoms with Gasteiger partial charge in [0.2, 0.25) is 11.7 Å². The van der Waals surface area contributed by atoms with Gasteiger partial charge in [0.1, 0.15) is 0 Å². The van der Waals surface area contributed by atoms with Crippen molar-refractivity contribution < 1.29 is 124 Å². The minimum absolute atomic E-state index is 2.23. The summed E-state index contributed by atoms with van der Waals surface area (Å²) in [5.41, 5.74) is -8.00. The van der Waals surface area contributed by atoms with Crippen molar-refractivity contribution in [3.05, 3.63) is 11.7 Å². The van der Waals surface area contributed by atoms with Crippen LogP contribution in [0.25, 0.3) is 0 Å². The molecular weight excluding hydrogens is 746 g/mol. The van der Waals surface area contributed by atoms with Gasteiger partial charge in [-0.05, 0) is 6.42 Å². The van der Waals surface area contributed by atoms with E-state index in [4.69, 9.17) is 9.79 Å². The van der Waals surface area contributed by atoms with Gasteiger partial charge < -0.3 is 9.79 Å². The van der Waals surface area contributed by atoms with Gasteiger partial charge in [0.25, 0.3) is 0 Å². The second-order valence-corrected chi connectivity index (χ2v) is 10.1. The van der Waals surface area contributed by atoms with Crippen molar-refractivity contribution in [1.29, 1.82) is 0 Å². The molecule has 2 N–H and O–H groups in total. The Bertz CT molecular complexity index is 1160. The molecule has 0 aliphatic heterocycles. The smallest absolute Gasteiger partial charge is 0.320 e. The van der Waals surface area contributed by atoms with E-state index in [1.807, 2.05) is 0 Å². The molecule has 0 saturated heterocycles. The van der Waals surface area contributed by atoms with Crippen LogP contribution < -0.4 is 0 Å². The van der Waals surface area contributed by atoms with Crippen LogP contribution >= 0.6 is 7.60 Å². The maximum absolute atomic E-state index is 13.7. The van der Waals surface area contributed by atoms with Crippen molar-refractivity contribution in [1.82, 2.24) is 0 Å². The Morgan fingerprint density at radius 3 is 1.04 bits per heavy atom. The topological polar surface area (TPSA) is 57.5 Å². The molecule has 0 amide bonds. The Kier molecular flexibility index (Phi) is 10.9. The van der Waals surface area contributed by atoms with Crippen LogP contribution in [0, 0.1) is 0 Å². The fraction of sp³-hybridized carbons (Fsp3) is 0.875. The van der Waals surface area contributed by atoms with Crippen molar-refractivity contribution in [2.75, 3.05) is 0 Å². The van der Waals surface area contributed by atoms with Crippen molar-refractivity contribution in [2.24, 2.45) is 0 Å². The third-order valence-electron chi connectivity index (χ3n) is 5.26. The fourth-order valence-corrected chi connectivity index (χ4v) is 3.11. The lowest BCUT2D eigenvalue weighted by Crippen LogP contribution is -2.74. The van der Waals surface area contributed by atoms with Gasteiger partial charge in [-0.2, -0.15) is 101 Å². The lowest BCUT2D eigenvalue weighted by Gasteiger charge is -2.43. The van der Waals surface area contributed by atoms with Gasteiger partial charge in [-0.25, -0.2) is 8.78 Å². The number of rotatable bonds is 14. The molecule has 0 spiro atoms. The summed E-state index contributed by atoms with van der Waals surface area (Å²) in [6.07, 6.45) is -13.2. The highest BCUT2D eigenvalue weighted by Crippen LogP contribution is 2.69. The first kappa shape index (κ1) is 43.1. The molecule has 0 atom stereocenters. The minimum Gasteiger partial charge on any atom is -0.320 e. The van der Waals surface area contributed by atoms with E-state index < -0.39 is 104 Å². The quantitative estimate of drug-likeness (QED) is 0.137. The standard InChI is InChI=1S/C16H8F25O3P/c17-4(8(24,25)6(19,20)2-1-3-7(21,22)23)5(18)9(26,27)10(28,29)11(30,31)12(32,33)13(34,35)14(36,37)15(38,39)16(40,41)45(42,43)44/h1-3H2,(H2,42,43,44). The average Bonchev–Trinajstić information content (AvgIpc) is 2.80. The number of allylic oxidation sites excluding steroid dienone is 2. The molecule has 0 aromatic heterocycles. The molecule has 45 heavy (non-hydrogen) atoms. The minimum atomic E-state index is -9.42. The van der Waals surface area contributed by atoms with Gasteiger partial charge in [0, 0.05) is 12.8 Å². The second-order valence-electron chi connectivity index (χ2n) is 8.48. The third kappa shape index (κ3) is 6.38. The SMILES string of the molecule is O=P(O)(O)C(F)(F)C(F)(F)C(F)(F)C(F)(F)C(F)(F)C(F)(F)C(F)(F)C(F)(F)C(F)=C(F)C(F)(F)C(F)(F)CCCC(F)(F)F. The van der Waals surface area contributed by atoms with E-state index in [0.29, 0.717) is 0 Å². The molecule has 0 aliphatic rings. The third-order valence-corrected chi connectivity index (χ3v) is 6.28. The van der Waals surface area contributed by atoms with Crippen LogP contribution in [-0.4, -0.2) is 74.9 Å². The molecule has 0 aromatic rings. The molecule has 0 rings (SSSR count). The van der Waals surface area contributed by atoms with Crippen molar-refractivity contribution in [2.45, 2.75) is 84.4 Å². The molecule has 0 radical (unpaired) electrons. The van der Waals surface area contributed by atoms with Crippen molar-refractivity contribution >= 4 is 7.60 Å². The molecule has 270 valence electrons. The van der Waals surface area contributed by atoms with E-state index in [1.165, 1.54) is 0 Å². The summed E-state index contributed by atoms with van der Waals surface area (Å²) in [6, 6.07) is 0. The molecule has 0 unspecified atom stereocenters. The highest BCUT2D eigenvalue weighted by molar-refractivity contribution is 7.53. The Morgan fingerprint density at radius 1 is 0.444 bits per heavy atom. The predicted octanol–water partition coefficient (Wildman–Crippen LogP) is 9.36. The maximum Gasteiger partial charge on any atom is 0.413 e. The van der Waals surface area contributed by atoms with Gasteiger partial charge >= 0.3 is 72.7 Å². The van der Waals surface area contributed by atoms with E-state index in [2.05, 4.69) is 0 Å². The van der Waals surface area contributed by atoms with E-state index >= 15 is 0 Å². The molecule has 29 heteroatoms. The highest BCUT2D eigenvalue weighted by Gasteiger charge is 2.96.